The number of hydrogen-bond acceptors (Lipinski definition) is 5. The Balaban J connectivity index is 1.64. The molecule has 6 nitrogen and oxygen atoms in total. The van der Waals surface area contributed by atoms with Crippen molar-refractivity contribution in [2.75, 3.05) is 20.6 Å². The van der Waals surface area contributed by atoms with Crippen LogP contribution in [0.4, 0.5) is 0 Å². The number of sulfonamides is 1. The Hall–Kier alpha value is -3.70. The molecule has 4 rings (SSSR count). The molecule has 0 saturated carbocycles. The number of oxazole rings is 1. The lowest BCUT2D eigenvalue weighted by atomic mass is 10.1. The van der Waals surface area contributed by atoms with E-state index >= 15 is 0 Å². The standard InChI is InChI=1S/C27H25N3O3S/c1-30(2)18-6-7-20-10-12-21(13-11-20)19-25-29-26(22-8-4-3-5-9-22)27(33-25)23-14-16-24(17-15-23)34(28,31)32/h3-5,8-17H,18-19H2,1-2H3,(H2,28,31,32). The number of benzene rings is 3. The van der Waals surface area contributed by atoms with E-state index in [4.69, 9.17) is 14.5 Å². The molecule has 172 valence electrons. The fourth-order valence-corrected chi connectivity index (χ4v) is 3.92. The van der Waals surface area contributed by atoms with E-state index in [-0.39, 0.29) is 4.90 Å². The van der Waals surface area contributed by atoms with E-state index in [2.05, 4.69) is 11.8 Å². The topological polar surface area (TPSA) is 89.4 Å². The number of hydrogen-bond donors (Lipinski definition) is 1. The molecule has 3 aromatic carbocycles. The second-order valence-electron chi connectivity index (χ2n) is 8.13. The van der Waals surface area contributed by atoms with Crippen LogP contribution in [-0.2, 0) is 16.4 Å². The highest BCUT2D eigenvalue weighted by molar-refractivity contribution is 7.89. The number of rotatable bonds is 6. The Bertz CT molecular complexity index is 1430. The molecule has 1 aromatic heterocycles. The first-order valence-electron chi connectivity index (χ1n) is 10.7. The largest absolute Gasteiger partial charge is 0.440 e. The van der Waals surface area contributed by atoms with Gasteiger partial charge < -0.3 is 4.42 Å². The highest BCUT2D eigenvalue weighted by Crippen LogP contribution is 2.33. The van der Waals surface area contributed by atoms with Crippen molar-refractivity contribution in [3.63, 3.8) is 0 Å². The van der Waals surface area contributed by atoms with E-state index in [1.54, 1.807) is 12.1 Å². The third kappa shape index (κ3) is 5.80. The fraction of sp³-hybridized carbons (Fsp3) is 0.148. The molecule has 0 radical (unpaired) electrons. The summed E-state index contributed by atoms with van der Waals surface area (Å²) >= 11 is 0. The molecule has 2 N–H and O–H groups in total. The molecule has 4 aromatic rings. The van der Waals surface area contributed by atoms with Crippen LogP contribution >= 0.6 is 0 Å². The zero-order valence-corrected chi connectivity index (χ0v) is 19.8. The van der Waals surface area contributed by atoms with E-state index < -0.39 is 10.0 Å². The number of aromatic nitrogens is 1. The summed E-state index contributed by atoms with van der Waals surface area (Å²) in [5.74, 6) is 7.43. The van der Waals surface area contributed by atoms with Crippen LogP contribution in [0.5, 0.6) is 0 Å². The Morgan fingerprint density at radius 2 is 1.59 bits per heavy atom. The molecule has 0 atom stereocenters. The maximum atomic E-state index is 11.6. The molecule has 0 bridgehead atoms. The van der Waals surface area contributed by atoms with E-state index in [0.717, 1.165) is 22.3 Å². The van der Waals surface area contributed by atoms with E-state index in [1.807, 2.05) is 73.6 Å². The maximum absolute atomic E-state index is 11.6. The number of primary sulfonamides is 1. The van der Waals surface area contributed by atoms with Crippen LogP contribution in [0.2, 0.25) is 0 Å². The normalized spacial score (nSPS) is 11.3. The summed E-state index contributed by atoms with van der Waals surface area (Å²) in [6, 6.07) is 24.1. The number of nitrogens with zero attached hydrogens (tertiary/aromatic N) is 2. The minimum absolute atomic E-state index is 0.0472. The van der Waals surface area contributed by atoms with Crippen LogP contribution in [0.1, 0.15) is 17.0 Å². The van der Waals surface area contributed by atoms with Gasteiger partial charge in [-0.25, -0.2) is 18.5 Å². The summed E-state index contributed by atoms with van der Waals surface area (Å²) in [5, 5.41) is 5.23. The summed E-state index contributed by atoms with van der Waals surface area (Å²) in [7, 11) is 0.202. The highest BCUT2D eigenvalue weighted by atomic mass is 32.2. The van der Waals surface area contributed by atoms with Gasteiger partial charge in [0.05, 0.1) is 11.4 Å². The molecule has 0 aliphatic carbocycles. The molecule has 0 fully saturated rings. The van der Waals surface area contributed by atoms with E-state index in [1.165, 1.54) is 12.1 Å². The zero-order valence-electron chi connectivity index (χ0n) is 19.0. The molecule has 0 amide bonds. The Morgan fingerprint density at radius 1 is 0.912 bits per heavy atom. The van der Waals surface area contributed by atoms with Gasteiger partial charge in [0, 0.05) is 23.1 Å². The molecular weight excluding hydrogens is 446 g/mol. The SMILES string of the molecule is CN(C)CC#Cc1ccc(Cc2nc(-c3ccccc3)c(-c3ccc(S(N)(=O)=O)cc3)o2)cc1. The third-order valence-electron chi connectivity index (χ3n) is 5.10. The second-order valence-corrected chi connectivity index (χ2v) is 9.70. The van der Waals surface area contributed by atoms with Gasteiger partial charge in [-0.2, -0.15) is 0 Å². The van der Waals surface area contributed by atoms with E-state index in [0.29, 0.717) is 30.3 Å². The van der Waals surface area contributed by atoms with Crippen LogP contribution < -0.4 is 5.14 Å². The minimum Gasteiger partial charge on any atom is -0.440 e. The first-order valence-corrected chi connectivity index (χ1v) is 12.2. The summed E-state index contributed by atoms with van der Waals surface area (Å²) in [4.78, 5) is 6.84. The summed E-state index contributed by atoms with van der Waals surface area (Å²) < 4.78 is 29.4. The first-order chi connectivity index (χ1) is 16.3. The molecule has 0 unspecified atom stereocenters. The molecule has 0 aliphatic heterocycles. The fourth-order valence-electron chi connectivity index (χ4n) is 3.40. The van der Waals surface area contributed by atoms with E-state index in [9.17, 15) is 8.42 Å². The van der Waals surface area contributed by atoms with Crippen molar-refractivity contribution in [3.05, 3.63) is 95.9 Å². The first kappa shape index (κ1) is 23.5. The predicted molar refractivity (Wildman–Crippen MR) is 133 cm³/mol. The molecule has 0 spiro atoms. The van der Waals surface area contributed by atoms with Crippen molar-refractivity contribution >= 4 is 10.0 Å². The molecule has 1 heterocycles. The van der Waals surface area contributed by atoms with Crippen molar-refractivity contribution in [3.8, 4) is 34.4 Å². The molecule has 0 saturated heterocycles. The lowest BCUT2D eigenvalue weighted by molar-refractivity contribution is 0.464. The van der Waals surface area contributed by atoms with Crippen LogP contribution in [-0.4, -0.2) is 38.9 Å². The van der Waals surface area contributed by atoms with Gasteiger partial charge in [-0.3, -0.25) is 4.90 Å². The van der Waals surface area contributed by atoms with Gasteiger partial charge in [-0.15, -0.1) is 0 Å². The third-order valence-corrected chi connectivity index (χ3v) is 6.03. The second kappa shape index (κ2) is 10.1. The van der Waals surface area contributed by atoms with Gasteiger partial charge in [0.15, 0.2) is 11.7 Å². The van der Waals surface area contributed by atoms with Gasteiger partial charge in [0.1, 0.15) is 5.69 Å². The summed E-state index contributed by atoms with van der Waals surface area (Å²) in [5.41, 5.74) is 4.34. The molecule has 7 heteroatoms. The predicted octanol–water partition coefficient (Wildman–Crippen LogP) is 4.16. The van der Waals surface area contributed by atoms with Crippen molar-refractivity contribution in [2.45, 2.75) is 11.3 Å². The number of nitrogens with two attached hydrogens (primary N) is 1. The molecule has 0 aliphatic rings. The average molecular weight is 472 g/mol. The van der Waals surface area contributed by atoms with Crippen molar-refractivity contribution < 1.29 is 12.8 Å². The monoisotopic (exact) mass is 471 g/mol. The van der Waals surface area contributed by atoms with Crippen molar-refractivity contribution in [1.29, 1.82) is 0 Å². The lowest BCUT2D eigenvalue weighted by Crippen LogP contribution is -2.11. The summed E-state index contributed by atoms with van der Waals surface area (Å²) in [6.07, 6.45) is 0.514. The van der Waals surface area contributed by atoms with Crippen molar-refractivity contribution in [2.24, 2.45) is 5.14 Å². The van der Waals surface area contributed by atoms with Crippen LogP contribution in [0.15, 0.2) is 88.2 Å². The average Bonchev–Trinajstić information content (AvgIpc) is 3.24. The minimum atomic E-state index is -3.77. The quantitative estimate of drug-likeness (QED) is 0.427. The van der Waals surface area contributed by atoms with Crippen LogP contribution in [0.25, 0.3) is 22.6 Å². The lowest BCUT2D eigenvalue weighted by Gasteiger charge is -2.03. The van der Waals surface area contributed by atoms with Gasteiger partial charge in [0.25, 0.3) is 0 Å². The smallest absolute Gasteiger partial charge is 0.238 e. The van der Waals surface area contributed by atoms with Gasteiger partial charge in [0.2, 0.25) is 10.0 Å². The molecular formula is C27H25N3O3S. The zero-order chi connectivity index (χ0) is 24.1. The Labute approximate surface area is 200 Å². The van der Waals surface area contributed by atoms with Crippen LogP contribution in [0.3, 0.4) is 0 Å². The molecule has 34 heavy (non-hydrogen) atoms. The van der Waals surface area contributed by atoms with Crippen molar-refractivity contribution in [1.82, 2.24) is 9.88 Å². The summed E-state index contributed by atoms with van der Waals surface area (Å²) in [6.45, 7) is 0.710. The maximum Gasteiger partial charge on any atom is 0.238 e. The van der Waals surface area contributed by atoms with Gasteiger partial charge in [-0.05, 0) is 56.1 Å². The Kier molecular flexibility index (Phi) is 6.94. The van der Waals surface area contributed by atoms with Gasteiger partial charge in [-0.1, -0.05) is 54.3 Å². The Morgan fingerprint density at radius 3 is 2.21 bits per heavy atom. The highest BCUT2D eigenvalue weighted by Gasteiger charge is 2.18. The van der Waals surface area contributed by atoms with Crippen LogP contribution in [0, 0.1) is 11.8 Å². The van der Waals surface area contributed by atoms with Gasteiger partial charge >= 0.3 is 0 Å².